The van der Waals surface area contributed by atoms with Crippen LogP contribution in [0.4, 0.5) is 4.79 Å². The summed E-state index contributed by atoms with van der Waals surface area (Å²) in [7, 11) is 1.75. The van der Waals surface area contributed by atoms with E-state index in [2.05, 4.69) is 5.32 Å². The van der Waals surface area contributed by atoms with Gasteiger partial charge in [0, 0.05) is 39.1 Å². The van der Waals surface area contributed by atoms with Crippen molar-refractivity contribution in [3.8, 4) is 0 Å². The Hall–Kier alpha value is -1.79. The van der Waals surface area contributed by atoms with E-state index in [1.165, 1.54) is 0 Å². The van der Waals surface area contributed by atoms with Gasteiger partial charge in [0.25, 0.3) is 0 Å². The van der Waals surface area contributed by atoms with Crippen molar-refractivity contribution in [1.82, 2.24) is 15.1 Å². The average Bonchev–Trinajstić information content (AvgIpc) is 2.83. The van der Waals surface area contributed by atoms with Gasteiger partial charge in [0.15, 0.2) is 0 Å². The Balaban J connectivity index is 1.89. The maximum Gasteiger partial charge on any atom is 0.410 e. The van der Waals surface area contributed by atoms with E-state index < -0.39 is 5.60 Å². The average molecular weight is 339 g/mol. The third-order valence-electron chi connectivity index (χ3n) is 4.57. The van der Waals surface area contributed by atoms with E-state index in [0.29, 0.717) is 32.5 Å². The van der Waals surface area contributed by atoms with Gasteiger partial charge in [-0.3, -0.25) is 9.59 Å². The van der Waals surface area contributed by atoms with Crippen LogP contribution in [0.1, 0.15) is 40.5 Å². The first-order valence-electron chi connectivity index (χ1n) is 8.59. The zero-order valence-electron chi connectivity index (χ0n) is 15.3. The van der Waals surface area contributed by atoms with Gasteiger partial charge in [0.1, 0.15) is 5.60 Å². The SMILES string of the molecule is CC1CN(C(=O)OC(C)(C)C)CC1C(=O)NC1CCC(=O)N(C)C1. The first-order valence-corrected chi connectivity index (χ1v) is 8.59. The van der Waals surface area contributed by atoms with E-state index in [-0.39, 0.29) is 35.8 Å². The van der Waals surface area contributed by atoms with Gasteiger partial charge in [-0.15, -0.1) is 0 Å². The van der Waals surface area contributed by atoms with Gasteiger partial charge in [-0.2, -0.15) is 0 Å². The summed E-state index contributed by atoms with van der Waals surface area (Å²) in [5.74, 6) is -0.0759. The van der Waals surface area contributed by atoms with Gasteiger partial charge < -0.3 is 19.9 Å². The van der Waals surface area contributed by atoms with Crippen LogP contribution < -0.4 is 5.32 Å². The van der Waals surface area contributed by atoms with Crippen LogP contribution in [0.25, 0.3) is 0 Å². The maximum absolute atomic E-state index is 12.6. The van der Waals surface area contributed by atoms with E-state index in [9.17, 15) is 14.4 Å². The number of rotatable bonds is 2. The number of likely N-dealkylation sites (N-methyl/N-ethyl adjacent to an activating group) is 1. The first kappa shape index (κ1) is 18.5. The zero-order valence-corrected chi connectivity index (χ0v) is 15.3. The Morgan fingerprint density at radius 3 is 2.46 bits per heavy atom. The van der Waals surface area contributed by atoms with E-state index in [1.807, 2.05) is 27.7 Å². The normalized spacial score (nSPS) is 28.0. The molecule has 3 atom stereocenters. The molecule has 0 aromatic rings. The second kappa shape index (κ2) is 6.99. The highest BCUT2D eigenvalue weighted by Gasteiger charge is 2.39. The third-order valence-corrected chi connectivity index (χ3v) is 4.57. The Morgan fingerprint density at radius 2 is 1.88 bits per heavy atom. The molecule has 2 aliphatic heterocycles. The summed E-state index contributed by atoms with van der Waals surface area (Å²) in [6.07, 6.45) is 0.768. The van der Waals surface area contributed by atoms with Crippen molar-refractivity contribution in [2.45, 2.75) is 52.2 Å². The minimum atomic E-state index is -0.542. The summed E-state index contributed by atoms with van der Waals surface area (Å²) in [4.78, 5) is 39.5. The Labute approximate surface area is 143 Å². The topological polar surface area (TPSA) is 79.0 Å². The van der Waals surface area contributed by atoms with Crippen molar-refractivity contribution in [1.29, 1.82) is 0 Å². The summed E-state index contributed by atoms with van der Waals surface area (Å²) in [6.45, 7) is 8.91. The number of carbonyl (C=O) groups excluding carboxylic acids is 3. The summed E-state index contributed by atoms with van der Waals surface area (Å²) < 4.78 is 5.38. The maximum atomic E-state index is 12.6. The molecule has 2 aliphatic rings. The summed E-state index contributed by atoms with van der Waals surface area (Å²) in [5.41, 5.74) is -0.542. The number of hydrogen-bond donors (Lipinski definition) is 1. The summed E-state index contributed by atoms with van der Waals surface area (Å²) in [5, 5.41) is 3.04. The molecule has 7 nitrogen and oxygen atoms in total. The van der Waals surface area contributed by atoms with Crippen LogP contribution in [0.15, 0.2) is 0 Å². The fraction of sp³-hybridized carbons (Fsp3) is 0.824. The number of piperidine rings is 1. The van der Waals surface area contributed by atoms with Crippen LogP contribution >= 0.6 is 0 Å². The summed E-state index contributed by atoms with van der Waals surface area (Å²) >= 11 is 0. The molecule has 0 bridgehead atoms. The molecule has 136 valence electrons. The van der Waals surface area contributed by atoms with Crippen molar-refractivity contribution in [3.63, 3.8) is 0 Å². The van der Waals surface area contributed by atoms with Crippen molar-refractivity contribution in [3.05, 3.63) is 0 Å². The Kier molecular flexibility index (Phi) is 5.40. The lowest BCUT2D eigenvalue weighted by atomic mass is 9.96. The molecule has 3 unspecified atom stereocenters. The lowest BCUT2D eigenvalue weighted by Gasteiger charge is -2.31. The standard InChI is InChI=1S/C17H29N3O4/c1-11-8-20(16(23)24-17(2,3)4)10-13(11)15(22)18-12-6-7-14(21)19(5)9-12/h11-13H,6-10H2,1-5H3,(H,18,22). The van der Waals surface area contributed by atoms with E-state index in [1.54, 1.807) is 16.8 Å². The lowest BCUT2D eigenvalue weighted by Crippen LogP contribution is -2.50. The molecule has 2 saturated heterocycles. The molecule has 0 aliphatic carbocycles. The quantitative estimate of drug-likeness (QED) is 0.821. The fourth-order valence-electron chi connectivity index (χ4n) is 3.22. The number of hydrogen-bond acceptors (Lipinski definition) is 4. The number of ether oxygens (including phenoxy) is 1. The molecule has 1 N–H and O–H groups in total. The fourth-order valence-corrected chi connectivity index (χ4v) is 3.22. The van der Waals surface area contributed by atoms with Crippen molar-refractivity contribution < 1.29 is 19.1 Å². The predicted molar refractivity (Wildman–Crippen MR) is 89.3 cm³/mol. The third kappa shape index (κ3) is 4.61. The molecule has 2 rings (SSSR count). The second-order valence-electron chi connectivity index (χ2n) is 7.99. The van der Waals surface area contributed by atoms with Gasteiger partial charge in [0.2, 0.25) is 11.8 Å². The largest absolute Gasteiger partial charge is 0.444 e. The molecule has 0 aromatic carbocycles. The van der Waals surface area contributed by atoms with Gasteiger partial charge in [-0.1, -0.05) is 6.92 Å². The van der Waals surface area contributed by atoms with Crippen LogP contribution in [-0.2, 0) is 14.3 Å². The van der Waals surface area contributed by atoms with Gasteiger partial charge in [-0.05, 0) is 33.1 Å². The van der Waals surface area contributed by atoms with Crippen LogP contribution in [0.5, 0.6) is 0 Å². The van der Waals surface area contributed by atoms with E-state index in [4.69, 9.17) is 4.74 Å². The molecular formula is C17H29N3O4. The molecule has 7 heteroatoms. The number of amides is 3. The first-order chi connectivity index (χ1) is 11.1. The van der Waals surface area contributed by atoms with E-state index >= 15 is 0 Å². The highest BCUT2D eigenvalue weighted by molar-refractivity contribution is 5.82. The molecule has 0 aromatic heterocycles. The summed E-state index contributed by atoms with van der Waals surface area (Å²) in [6, 6.07) is -0.0111. The minimum Gasteiger partial charge on any atom is -0.444 e. The van der Waals surface area contributed by atoms with E-state index in [0.717, 1.165) is 0 Å². The van der Waals surface area contributed by atoms with Crippen molar-refractivity contribution in [2.24, 2.45) is 11.8 Å². The number of nitrogens with zero attached hydrogens (tertiary/aromatic N) is 2. The van der Waals surface area contributed by atoms with Crippen LogP contribution in [0, 0.1) is 11.8 Å². The van der Waals surface area contributed by atoms with Crippen LogP contribution in [0.3, 0.4) is 0 Å². The number of nitrogens with one attached hydrogen (secondary N) is 1. The number of likely N-dealkylation sites (tertiary alicyclic amines) is 2. The minimum absolute atomic E-state index is 0.0111. The van der Waals surface area contributed by atoms with Gasteiger partial charge >= 0.3 is 6.09 Å². The van der Waals surface area contributed by atoms with Gasteiger partial charge in [-0.25, -0.2) is 4.79 Å². The second-order valence-corrected chi connectivity index (χ2v) is 7.99. The molecule has 2 fully saturated rings. The zero-order chi connectivity index (χ0) is 18.1. The molecule has 0 radical (unpaired) electrons. The highest BCUT2D eigenvalue weighted by atomic mass is 16.6. The molecule has 0 saturated carbocycles. The van der Waals surface area contributed by atoms with Crippen molar-refractivity contribution in [2.75, 3.05) is 26.7 Å². The Bertz CT molecular complexity index is 514. The molecular weight excluding hydrogens is 310 g/mol. The van der Waals surface area contributed by atoms with Crippen LogP contribution in [0.2, 0.25) is 0 Å². The van der Waals surface area contributed by atoms with Crippen LogP contribution in [-0.4, -0.2) is 66.0 Å². The van der Waals surface area contributed by atoms with Gasteiger partial charge in [0.05, 0.1) is 5.92 Å². The smallest absolute Gasteiger partial charge is 0.410 e. The molecule has 24 heavy (non-hydrogen) atoms. The van der Waals surface area contributed by atoms with Crippen molar-refractivity contribution >= 4 is 17.9 Å². The predicted octanol–water partition coefficient (Wildman–Crippen LogP) is 1.23. The highest BCUT2D eigenvalue weighted by Crippen LogP contribution is 2.25. The number of carbonyl (C=O) groups is 3. The Morgan fingerprint density at radius 1 is 1.21 bits per heavy atom. The lowest BCUT2D eigenvalue weighted by molar-refractivity contribution is -0.134. The monoisotopic (exact) mass is 339 g/mol. The molecule has 2 heterocycles. The molecule has 0 spiro atoms. The molecule has 3 amide bonds.